The molecule has 0 radical (unpaired) electrons. The quantitative estimate of drug-likeness (QED) is 0.622. The first-order valence-electron chi connectivity index (χ1n) is 4.35. The van der Waals surface area contributed by atoms with Crippen molar-refractivity contribution in [3.63, 3.8) is 0 Å². The van der Waals surface area contributed by atoms with E-state index in [1.807, 2.05) is 25.1 Å². The van der Waals surface area contributed by atoms with E-state index in [-0.39, 0.29) is 0 Å². The highest BCUT2D eigenvalue weighted by molar-refractivity contribution is 9.11. The molecule has 0 bridgehead atoms. The lowest BCUT2D eigenvalue weighted by Gasteiger charge is -2.08. The highest BCUT2D eigenvalue weighted by atomic mass is 79.9. The van der Waals surface area contributed by atoms with Gasteiger partial charge in [0.25, 0.3) is 0 Å². The van der Waals surface area contributed by atoms with Gasteiger partial charge in [-0.1, -0.05) is 15.9 Å². The van der Waals surface area contributed by atoms with Gasteiger partial charge in [0.2, 0.25) is 0 Å². The maximum atomic E-state index is 5.39. The highest BCUT2D eigenvalue weighted by Crippen LogP contribution is 2.31. The van der Waals surface area contributed by atoms with Crippen LogP contribution in [0.5, 0.6) is 0 Å². The zero-order valence-corrected chi connectivity index (χ0v) is 11.2. The third kappa shape index (κ3) is 1.87. The summed E-state index contributed by atoms with van der Waals surface area (Å²) in [5.74, 6) is 6.09. The Balaban J connectivity index is 2.86. The summed E-state index contributed by atoms with van der Waals surface area (Å²) in [5, 5.41) is 1.07. The van der Waals surface area contributed by atoms with Crippen LogP contribution in [0.15, 0.2) is 27.1 Å². The molecule has 3 nitrogen and oxygen atoms in total. The maximum absolute atomic E-state index is 5.39. The zero-order chi connectivity index (χ0) is 11.0. The zero-order valence-electron chi connectivity index (χ0n) is 8.01. The van der Waals surface area contributed by atoms with Crippen LogP contribution < -0.4 is 11.3 Å². The minimum Gasteiger partial charge on any atom is -0.308 e. The molecule has 3 N–H and O–H groups in total. The molecule has 1 heterocycles. The minimum atomic E-state index is 0.696. The van der Waals surface area contributed by atoms with E-state index in [0.29, 0.717) is 5.82 Å². The van der Waals surface area contributed by atoms with Gasteiger partial charge in [0.1, 0.15) is 5.82 Å². The minimum absolute atomic E-state index is 0.696. The van der Waals surface area contributed by atoms with Crippen molar-refractivity contribution in [1.82, 2.24) is 4.98 Å². The number of rotatable bonds is 1. The van der Waals surface area contributed by atoms with E-state index >= 15 is 0 Å². The van der Waals surface area contributed by atoms with E-state index in [1.165, 1.54) is 0 Å². The van der Waals surface area contributed by atoms with Crippen molar-refractivity contribution in [2.24, 2.45) is 5.84 Å². The fourth-order valence-electron chi connectivity index (χ4n) is 1.44. The van der Waals surface area contributed by atoms with E-state index in [9.17, 15) is 0 Å². The number of fused-ring (bicyclic) bond motifs is 1. The normalized spacial score (nSPS) is 10.7. The third-order valence-electron chi connectivity index (χ3n) is 2.21. The molecule has 0 atom stereocenters. The number of benzene rings is 1. The lowest BCUT2D eigenvalue weighted by molar-refractivity contribution is 1.22. The number of nitrogens with one attached hydrogen (secondary N) is 1. The molecule has 2 rings (SSSR count). The summed E-state index contributed by atoms with van der Waals surface area (Å²) >= 11 is 6.97. The number of anilines is 1. The number of nitrogen functional groups attached to an aromatic ring is 1. The van der Waals surface area contributed by atoms with Crippen molar-refractivity contribution in [3.05, 3.63) is 32.7 Å². The Morgan fingerprint density at radius 1 is 1.27 bits per heavy atom. The number of aryl methyl sites for hydroxylation is 1. The summed E-state index contributed by atoms with van der Waals surface area (Å²) in [6.07, 6.45) is 0. The predicted molar refractivity (Wildman–Crippen MR) is 69.7 cm³/mol. The van der Waals surface area contributed by atoms with E-state index in [1.54, 1.807) is 0 Å². The number of hydrogen-bond acceptors (Lipinski definition) is 3. The van der Waals surface area contributed by atoms with Crippen molar-refractivity contribution in [3.8, 4) is 0 Å². The molecule has 0 spiro atoms. The Morgan fingerprint density at radius 2 is 1.93 bits per heavy atom. The van der Waals surface area contributed by atoms with Gasteiger partial charge >= 0.3 is 0 Å². The van der Waals surface area contributed by atoms with Crippen LogP contribution in [0, 0.1) is 6.92 Å². The van der Waals surface area contributed by atoms with Crippen LogP contribution in [0.25, 0.3) is 10.9 Å². The monoisotopic (exact) mass is 329 g/mol. The lowest BCUT2D eigenvalue weighted by atomic mass is 10.1. The Morgan fingerprint density at radius 3 is 2.60 bits per heavy atom. The first kappa shape index (κ1) is 10.9. The topological polar surface area (TPSA) is 50.9 Å². The van der Waals surface area contributed by atoms with E-state index in [2.05, 4.69) is 42.3 Å². The summed E-state index contributed by atoms with van der Waals surface area (Å²) in [6.45, 7) is 1.97. The molecular formula is C10H9Br2N3. The van der Waals surface area contributed by atoms with E-state index in [0.717, 1.165) is 25.4 Å². The average molecular weight is 331 g/mol. The lowest BCUT2D eigenvalue weighted by Crippen LogP contribution is -2.10. The molecule has 0 saturated carbocycles. The van der Waals surface area contributed by atoms with Crippen molar-refractivity contribution in [1.29, 1.82) is 0 Å². The van der Waals surface area contributed by atoms with Gasteiger partial charge in [-0.25, -0.2) is 10.8 Å². The number of hydrogen-bond donors (Lipinski definition) is 2. The van der Waals surface area contributed by atoms with Gasteiger partial charge < -0.3 is 5.43 Å². The molecule has 0 aliphatic heterocycles. The summed E-state index contributed by atoms with van der Waals surface area (Å²) in [4.78, 5) is 4.44. The molecular weight excluding hydrogens is 322 g/mol. The highest BCUT2D eigenvalue weighted by Gasteiger charge is 2.07. The molecule has 78 valence electrons. The Kier molecular flexibility index (Phi) is 2.95. The molecule has 0 saturated heterocycles. The number of hydrazine groups is 1. The summed E-state index contributed by atoms with van der Waals surface area (Å²) in [6, 6.07) is 5.99. The Hall–Kier alpha value is -0.650. The number of pyridine rings is 1. The van der Waals surface area contributed by atoms with Crippen LogP contribution in [-0.2, 0) is 0 Å². The fourth-order valence-corrected chi connectivity index (χ4v) is 2.31. The summed E-state index contributed by atoms with van der Waals surface area (Å²) in [7, 11) is 0. The largest absolute Gasteiger partial charge is 0.308 e. The van der Waals surface area contributed by atoms with Crippen LogP contribution >= 0.6 is 31.9 Å². The van der Waals surface area contributed by atoms with Gasteiger partial charge in [-0.3, -0.25) is 0 Å². The van der Waals surface area contributed by atoms with Gasteiger partial charge in [-0.2, -0.15) is 0 Å². The van der Waals surface area contributed by atoms with Crippen LogP contribution in [0.4, 0.5) is 5.82 Å². The number of halogens is 2. The standard InChI is InChI=1S/C10H9Br2N3/c1-5-4-6-7(11)2-3-8(12)9(6)14-10(5)15-13/h2-4H,13H2,1H3,(H,14,15). The molecule has 0 aliphatic rings. The maximum Gasteiger partial charge on any atom is 0.143 e. The third-order valence-corrected chi connectivity index (χ3v) is 3.54. The smallest absolute Gasteiger partial charge is 0.143 e. The van der Waals surface area contributed by atoms with Crippen LogP contribution in [0.2, 0.25) is 0 Å². The summed E-state index contributed by atoms with van der Waals surface area (Å²) < 4.78 is 1.98. The van der Waals surface area contributed by atoms with E-state index < -0.39 is 0 Å². The van der Waals surface area contributed by atoms with Gasteiger partial charge in [-0.15, -0.1) is 0 Å². The average Bonchev–Trinajstić information content (AvgIpc) is 2.23. The van der Waals surface area contributed by atoms with Crippen LogP contribution in [0.1, 0.15) is 5.56 Å². The SMILES string of the molecule is Cc1cc2c(Br)ccc(Br)c2nc1NN. The van der Waals surface area contributed by atoms with E-state index in [4.69, 9.17) is 5.84 Å². The van der Waals surface area contributed by atoms with Crippen molar-refractivity contribution < 1.29 is 0 Å². The van der Waals surface area contributed by atoms with Gasteiger partial charge in [-0.05, 0) is 46.6 Å². The molecule has 15 heavy (non-hydrogen) atoms. The second-order valence-corrected chi connectivity index (χ2v) is 4.93. The molecule has 1 aromatic heterocycles. The molecule has 0 unspecified atom stereocenters. The number of aromatic nitrogens is 1. The second kappa shape index (κ2) is 4.08. The molecule has 0 aliphatic carbocycles. The van der Waals surface area contributed by atoms with Crippen LogP contribution in [-0.4, -0.2) is 4.98 Å². The fraction of sp³-hybridized carbons (Fsp3) is 0.100. The Bertz CT molecular complexity index is 526. The predicted octanol–water partition coefficient (Wildman–Crippen LogP) is 3.35. The van der Waals surface area contributed by atoms with Gasteiger partial charge in [0, 0.05) is 14.3 Å². The number of nitrogens with two attached hydrogens (primary N) is 1. The van der Waals surface area contributed by atoms with Crippen molar-refractivity contribution in [2.75, 3.05) is 5.43 Å². The molecule has 0 amide bonds. The molecule has 2 aromatic rings. The van der Waals surface area contributed by atoms with Crippen LogP contribution in [0.3, 0.4) is 0 Å². The summed E-state index contributed by atoms with van der Waals surface area (Å²) in [5.41, 5.74) is 4.50. The molecule has 0 fully saturated rings. The van der Waals surface area contributed by atoms with Crippen molar-refractivity contribution in [2.45, 2.75) is 6.92 Å². The van der Waals surface area contributed by atoms with Gasteiger partial charge in [0.15, 0.2) is 0 Å². The molecule has 5 heteroatoms. The molecule has 1 aromatic carbocycles. The Labute approximate surface area is 104 Å². The number of nitrogens with zero attached hydrogens (tertiary/aromatic N) is 1. The van der Waals surface area contributed by atoms with Gasteiger partial charge in [0.05, 0.1) is 5.52 Å². The first-order chi connectivity index (χ1) is 7.13. The van der Waals surface area contributed by atoms with Crippen molar-refractivity contribution >= 4 is 48.6 Å². The first-order valence-corrected chi connectivity index (χ1v) is 5.94. The second-order valence-electron chi connectivity index (χ2n) is 3.22.